The maximum Gasteiger partial charge on any atom is 0.242 e. The van der Waals surface area contributed by atoms with Gasteiger partial charge in [0, 0.05) is 19.5 Å². The predicted octanol–water partition coefficient (Wildman–Crippen LogP) is 3.89. The fourth-order valence-electron chi connectivity index (χ4n) is 3.61. The minimum Gasteiger partial charge on any atom is -0.493 e. The summed E-state index contributed by atoms with van der Waals surface area (Å²) in [4.78, 5) is 27.7. The zero-order valence-electron chi connectivity index (χ0n) is 19.2. The molecule has 1 atom stereocenters. The lowest BCUT2D eigenvalue weighted by Gasteiger charge is -2.31. The fourth-order valence-corrected chi connectivity index (χ4v) is 3.61. The number of rotatable bonds is 11. The van der Waals surface area contributed by atoms with E-state index in [4.69, 9.17) is 9.47 Å². The molecule has 31 heavy (non-hydrogen) atoms. The molecule has 0 saturated carbocycles. The number of nitrogens with zero attached hydrogens (tertiary/aromatic N) is 1. The van der Waals surface area contributed by atoms with Gasteiger partial charge in [0.25, 0.3) is 0 Å². The van der Waals surface area contributed by atoms with E-state index in [2.05, 4.69) is 5.32 Å². The average Bonchev–Trinajstić information content (AvgIpc) is 2.78. The normalized spacial score (nSPS) is 11.5. The summed E-state index contributed by atoms with van der Waals surface area (Å²) in [6.07, 6.45) is 1.41. The fraction of sp³-hybridized carbons (Fsp3) is 0.440. The zero-order chi connectivity index (χ0) is 22.8. The molecule has 0 unspecified atom stereocenters. The highest BCUT2D eigenvalue weighted by atomic mass is 16.5. The monoisotopic (exact) mass is 426 g/mol. The van der Waals surface area contributed by atoms with Crippen molar-refractivity contribution in [1.29, 1.82) is 0 Å². The Hall–Kier alpha value is -3.02. The highest BCUT2D eigenvalue weighted by Crippen LogP contribution is 2.28. The molecule has 0 aliphatic heterocycles. The molecule has 1 N–H and O–H groups in total. The van der Waals surface area contributed by atoms with Gasteiger partial charge in [-0.2, -0.15) is 0 Å². The quantitative estimate of drug-likeness (QED) is 0.592. The van der Waals surface area contributed by atoms with Crippen LogP contribution in [0.3, 0.4) is 0 Å². The molecule has 0 spiro atoms. The first kappa shape index (κ1) is 24.3. The first-order valence-corrected chi connectivity index (χ1v) is 10.8. The van der Waals surface area contributed by atoms with Crippen LogP contribution in [0.5, 0.6) is 11.5 Å². The summed E-state index contributed by atoms with van der Waals surface area (Å²) in [6.45, 7) is 6.79. The summed E-state index contributed by atoms with van der Waals surface area (Å²) in [6, 6.07) is 13.1. The predicted molar refractivity (Wildman–Crippen MR) is 122 cm³/mol. The molecular formula is C25H34N2O4. The Kier molecular flexibility index (Phi) is 9.38. The number of hydrogen-bond donors (Lipinski definition) is 1. The lowest BCUT2D eigenvalue weighted by molar-refractivity contribution is -0.141. The van der Waals surface area contributed by atoms with E-state index in [9.17, 15) is 9.59 Å². The molecule has 0 heterocycles. The lowest BCUT2D eigenvalue weighted by atomic mass is 10.0. The van der Waals surface area contributed by atoms with Crippen molar-refractivity contribution >= 4 is 11.8 Å². The van der Waals surface area contributed by atoms with Crippen molar-refractivity contribution in [2.45, 2.75) is 52.6 Å². The first-order valence-electron chi connectivity index (χ1n) is 10.8. The third-order valence-corrected chi connectivity index (χ3v) is 5.41. The molecular weight excluding hydrogens is 392 g/mol. The standard InChI is InChI=1S/C25H34N2O4/c1-6-21(25(29)26-7-2)27(17-20-11-9-8-10-18(20)3)24(28)15-13-19-12-14-22(30-4)23(16-19)31-5/h8-12,14,16,21H,6-7,13,15,17H2,1-5H3,(H,26,29)/t21-/m1/s1. The van der Waals surface area contributed by atoms with Crippen LogP contribution in [0.2, 0.25) is 0 Å². The van der Waals surface area contributed by atoms with Gasteiger partial charge in [-0.05, 0) is 55.5 Å². The zero-order valence-corrected chi connectivity index (χ0v) is 19.2. The molecule has 0 fully saturated rings. The van der Waals surface area contributed by atoms with Crippen molar-refractivity contribution < 1.29 is 19.1 Å². The number of likely N-dealkylation sites (N-methyl/N-ethyl adjacent to an activating group) is 1. The second-order valence-electron chi connectivity index (χ2n) is 7.46. The van der Waals surface area contributed by atoms with Crippen LogP contribution in [0.4, 0.5) is 0 Å². The molecule has 0 bridgehead atoms. The van der Waals surface area contributed by atoms with Gasteiger partial charge in [-0.15, -0.1) is 0 Å². The topological polar surface area (TPSA) is 67.9 Å². The molecule has 2 aromatic carbocycles. The number of hydrogen-bond acceptors (Lipinski definition) is 4. The van der Waals surface area contributed by atoms with Gasteiger partial charge < -0.3 is 19.7 Å². The Bertz CT molecular complexity index is 882. The molecule has 0 aliphatic rings. The van der Waals surface area contributed by atoms with E-state index >= 15 is 0 Å². The van der Waals surface area contributed by atoms with Gasteiger partial charge in [-0.3, -0.25) is 9.59 Å². The van der Waals surface area contributed by atoms with Gasteiger partial charge in [0.05, 0.1) is 14.2 Å². The minimum absolute atomic E-state index is 0.0452. The summed E-state index contributed by atoms with van der Waals surface area (Å²) < 4.78 is 10.6. The number of ether oxygens (including phenoxy) is 2. The van der Waals surface area contributed by atoms with E-state index in [1.807, 2.05) is 63.2 Å². The number of aryl methyl sites for hydroxylation is 2. The third kappa shape index (κ3) is 6.48. The summed E-state index contributed by atoms with van der Waals surface area (Å²) in [5, 5.41) is 2.87. The van der Waals surface area contributed by atoms with Crippen molar-refractivity contribution in [3.63, 3.8) is 0 Å². The SMILES string of the molecule is CCNC(=O)[C@@H](CC)N(Cc1ccccc1C)C(=O)CCc1ccc(OC)c(OC)c1. The largest absolute Gasteiger partial charge is 0.493 e. The van der Waals surface area contributed by atoms with Crippen LogP contribution in [0.25, 0.3) is 0 Å². The van der Waals surface area contributed by atoms with Gasteiger partial charge in [0.2, 0.25) is 11.8 Å². The second-order valence-corrected chi connectivity index (χ2v) is 7.46. The molecule has 2 aromatic rings. The van der Waals surface area contributed by atoms with E-state index in [0.717, 1.165) is 16.7 Å². The minimum atomic E-state index is -0.502. The third-order valence-electron chi connectivity index (χ3n) is 5.41. The van der Waals surface area contributed by atoms with E-state index in [1.165, 1.54) is 0 Å². The molecule has 2 amide bonds. The Labute approximate surface area is 185 Å². The molecule has 0 aliphatic carbocycles. The van der Waals surface area contributed by atoms with Crippen LogP contribution in [0.15, 0.2) is 42.5 Å². The van der Waals surface area contributed by atoms with Crippen molar-refractivity contribution in [2.75, 3.05) is 20.8 Å². The Morgan fingerprint density at radius 1 is 1.03 bits per heavy atom. The van der Waals surface area contributed by atoms with Crippen LogP contribution in [0, 0.1) is 6.92 Å². The van der Waals surface area contributed by atoms with Gasteiger partial charge >= 0.3 is 0 Å². The molecule has 0 aromatic heterocycles. The molecule has 168 valence electrons. The van der Waals surface area contributed by atoms with Gasteiger partial charge in [0.15, 0.2) is 11.5 Å². The maximum atomic E-state index is 13.3. The molecule has 0 radical (unpaired) electrons. The average molecular weight is 427 g/mol. The number of carbonyl (C=O) groups excluding carboxylic acids is 2. The van der Waals surface area contributed by atoms with E-state index < -0.39 is 6.04 Å². The Morgan fingerprint density at radius 3 is 2.35 bits per heavy atom. The summed E-state index contributed by atoms with van der Waals surface area (Å²) in [5.74, 6) is 1.13. The lowest BCUT2D eigenvalue weighted by Crippen LogP contribution is -2.49. The number of benzene rings is 2. The van der Waals surface area contributed by atoms with E-state index in [0.29, 0.717) is 43.9 Å². The van der Waals surface area contributed by atoms with Crippen molar-refractivity contribution in [1.82, 2.24) is 10.2 Å². The van der Waals surface area contributed by atoms with Crippen LogP contribution >= 0.6 is 0 Å². The molecule has 6 nitrogen and oxygen atoms in total. The Morgan fingerprint density at radius 2 is 1.74 bits per heavy atom. The highest BCUT2D eigenvalue weighted by Gasteiger charge is 2.28. The van der Waals surface area contributed by atoms with E-state index in [-0.39, 0.29) is 11.8 Å². The van der Waals surface area contributed by atoms with Crippen LogP contribution < -0.4 is 14.8 Å². The van der Waals surface area contributed by atoms with Gasteiger partial charge in [0.1, 0.15) is 6.04 Å². The summed E-state index contributed by atoms with van der Waals surface area (Å²) in [5.41, 5.74) is 3.13. The first-order chi connectivity index (χ1) is 14.9. The number of carbonyl (C=O) groups is 2. The van der Waals surface area contributed by atoms with Crippen LogP contribution in [-0.4, -0.2) is 43.5 Å². The number of methoxy groups -OCH3 is 2. The van der Waals surface area contributed by atoms with Crippen LogP contribution in [0.1, 0.15) is 43.4 Å². The number of amides is 2. The van der Waals surface area contributed by atoms with Gasteiger partial charge in [-0.25, -0.2) is 0 Å². The van der Waals surface area contributed by atoms with E-state index in [1.54, 1.807) is 19.1 Å². The van der Waals surface area contributed by atoms with Crippen molar-refractivity contribution in [3.8, 4) is 11.5 Å². The van der Waals surface area contributed by atoms with Crippen molar-refractivity contribution in [2.24, 2.45) is 0 Å². The maximum absolute atomic E-state index is 13.3. The number of nitrogens with one attached hydrogen (secondary N) is 1. The van der Waals surface area contributed by atoms with Gasteiger partial charge in [-0.1, -0.05) is 37.3 Å². The summed E-state index contributed by atoms with van der Waals surface area (Å²) in [7, 11) is 3.19. The van der Waals surface area contributed by atoms with Crippen LogP contribution in [-0.2, 0) is 22.6 Å². The smallest absolute Gasteiger partial charge is 0.242 e. The second kappa shape index (κ2) is 12.0. The molecule has 2 rings (SSSR count). The molecule has 0 saturated heterocycles. The summed E-state index contributed by atoms with van der Waals surface area (Å²) >= 11 is 0. The van der Waals surface area contributed by atoms with Crippen molar-refractivity contribution in [3.05, 3.63) is 59.2 Å². The molecule has 6 heteroatoms. The highest BCUT2D eigenvalue weighted by molar-refractivity contribution is 5.87. The Balaban J connectivity index is 2.22.